The minimum absolute atomic E-state index is 0.0278. The van der Waals surface area contributed by atoms with E-state index in [0.717, 1.165) is 58.9 Å². The number of imidazole rings is 1. The summed E-state index contributed by atoms with van der Waals surface area (Å²) in [6, 6.07) is 22.4. The third kappa shape index (κ3) is 7.13. The smallest absolute Gasteiger partial charge is 0.258 e. The number of hydrogen-bond acceptors (Lipinski definition) is 4. The van der Waals surface area contributed by atoms with E-state index < -0.39 is 0 Å². The second-order valence-corrected chi connectivity index (χ2v) is 9.78. The molecule has 0 aliphatic heterocycles. The normalized spacial score (nSPS) is 11.2. The van der Waals surface area contributed by atoms with E-state index in [2.05, 4.69) is 41.9 Å². The van der Waals surface area contributed by atoms with E-state index in [4.69, 9.17) is 14.5 Å². The lowest BCUT2D eigenvalue weighted by Gasteiger charge is -2.12. The van der Waals surface area contributed by atoms with Crippen LogP contribution in [-0.2, 0) is 17.9 Å². The third-order valence-electron chi connectivity index (χ3n) is 6.47. The Balaban J connectivity index is 1.29. The average Bonchev–Trinajstić information content (AvgIpc) is 3.25. The summed E-state index contributed by atoms with van der Waals surface area (Å²) in [6.45, 7) is 10.2. The van der Waals surface area contributed by atoms with Crippen LogP contribution in [0.4, 0.5) is 0 Å². The average molecular weight is 500 g/mol. The quantitative estimate of drug-likeness (QED) is 0.231. The molecule has 0 atom stereocenters. The molecule has 0 spiro atoms. The van der Waals surface area contributed by atoms with Crippen molar-refractivity contribution in [3.05, 3.63) is 89.2 Å². The largest absolute Gasteiger partial charge is 0.494 e. The van der Waals surface area contributed by atoms with Gasteiger partial charge in [0, 0.05) is 6.54 Å². The molecular formula is C31H37N3O3. The number of fused-ring (bicyclic) bond motifs is 1. The molecule has 0 aliphatic rings. The van der Waals surface area contributed by atoms with Crippen molar-refractivity contribution in [1.29, 1.82) is 0 Å². The molecule has 6 heteroatoms. The summed E-state index contributed by atoms with van der Waals surface area (Å²) in [4.78, 5) is 17.3. The molecule has 0 saturated carbocycles. The summed E-state index contributed by atoms with van der Waals surface area (Å²) in [5.74, 6) is 2.83. The Hall–Kier alpha value is -3.80. The first kappa shape index (κ1) is 26.3. The molecule has 4 rings (SSSR count). The number of ether oxygens (including phenoxy) is 2. The van der Waals surface area contributed by atoms with Crippen LogP contribution in [0.3, 0.4) is 0 Å². The molecule has 37 heavy (non-hydrogen) atoms. The minimum atomic E-state index is -0.170. The molecule has 3 aromatic carbocycles. The van der Waals surface area contributed by atoms with Crippen LogP contribution in [0.25, 0.3) is 11.0 Å². The molecule has 6 nitrogen and oxygen atoms in total. The summed E-state index contributed by atoms with van der Waals surface area (Å²) in [5.41, 5.74) is 5.43. The van der Waals surface area contributed by atoms with Crippen molar-refractivity contribution < 1.29 is 14.3 Å². The lowest BCUT2D eigenvalue weighted by atomic mass is 10.0. The molecule has 0 fully saturated rings. The second-order valence-electron chi connectivity index (χ2n) is 9.78. The van der Waals surface area contributed by atoms with Gasteiger partial charge in [-0.2, -0.15) is 0 Å². The van der Waals surface area contributed by atoms with Gasteiger partial charge in [0.05, 0.1) is 24.2 Å². The number of benzene rings is 3. The van der Waals surface area contributed by atoms with Crippen molar-refractivity contribution in [2.45, 2.75) is 59.5 Å². The van der Waals surface area contributed by atoms with Gasteiger partial charge < -0.3 is 19.4 Å². The summed E-state index contributed by atoms with van der Waals surface area (Å²) in [5, 5.41) is 2.97. The Morgan fingerprint density at radius 1 is 0.973 bits per heavy atom. The van der Waals surface area contributed by atoms with E-state index in [-0.39, 0.29) is 12.5 Å². The van der Waals surface area contributed by atoms with Crippen LogP contribution >= 0.6 is 0 Å². The maximum atomic E-state index is 12.5. The van der Waals surface area contributed by atoms with Gasteiger partial charge >= 0.3 is 0 Å². The van der Waals surface area contributed by atoms with Gasteiger partial charge in [-0.15, -0.1) is 0 Å². The second kappa shape index (κ2) is 12.4. The molecule has 0 radical (unpaired) electrons. The number of aromatic nitrogens is 2. The van der Waals surface area contributed by atoms with Gasteiger partial charge in [0.25, 0.3) is 5.91 Å². The fraction of sp³-hybridized carbons (Fsp3) is 0.355. The Kier molecular flexibility index (Phi) is 8.83. The number of amides is 1. The molecule has 4 aromatic rings. The van der Waals surface area contributed by atoms with Crippen molar-refractivity contribution in [2.24, 2.45) is 0 Å². The van der Waals surface area contributed by atoms with E-state index in [1.807, 2.05) is 62.4 Å². The highest BCUT2D eigenvalue weighted by Crippen LogP contribution is 2.21. The van der Waals surface area contributed by atoms with Crippen molar-refractivity contribution in [3.8, 4) is 11.5 Å². The van der Waals surface area contributed by atoms with Crippen LogP contribution in [0.2, 0.25) is 0 Å². The zero-order valence-electron chi connectivity index (χ0n) is 22.3. The zero-order valence-corrected chi connectivity index (χ0v) is 22.3. The number of unbranched alkanes of at least 4 members (excludes halogenated alkanes) is 1. The van der Waals surface area contributed by atoms with Crippen LogP contribution in [-0.4, -0.2) is 28.7 Å². The zero-order chi connectivity index (χ0) is 26.2. The van der Waals surface area contributed by atoms with E-state index in [1.54, 1.807) is 0 Å². The first-order valence-corrected chi connectivity index (χ1v) is 13.0. The number of rotatable bonds is 12. The Morgan fingerprint density at radius 2 is 1.76 bits per heavy atom. The highest BCUT2D eigenvalue weighted by atomic mass is 16.5. The highest BCUT2D eigenvalue weighted by Gasteiger charge is 2.12. The van der Waals surface area contributed by atoms with Gasteiger partial charge in [-0.05, 0) is 79.6 Å². The summed E-state index contributed by atoms with van der Waals surface area (Å²) < 4.78 is 13.9. The molecule has 194 valence electrons. The molecule has 0 bridgehead atoms. The molecule has 1 amide bonds. The van der Waals surface area contributed by atoms with Crippen LogP contribution in [0.5, 0.6) is 11.5 Å². The van der Waals surface area contributed by atoms with Crippen molar-refractivity contribution in [2.75, 3.05) is 13.2 Å². The summed E-state index contributed by atoms with van der Waals surface area (Å²) >= 11 is 0. The standard InChI is InChI=1S/C31H37N3O3/c1-22(2)25-13-15-26(16-14-25)36-18-8-7-17-34-28-10-6-5-9-27(28)33-30(34)20-32-31(35)21-37-29-19-23(3)11-12-24(29)4/h5-6,9-16,19,22H,7-8,17-18,20-21H2,1-4H3,(H,32,35). The van der Waals surface area contributed by atoms with E-state index in [1.165, 1.54) is 5.56 Å². The topological polar surface area (TPSA) is 65.4 Å². The minimum Gasteiger partial charge on any atom is -0.494 e. The van der Waals surface area contributed by atoms with Gasteiger partial charge in [0.15, 0.2) is 6.61 Å². The molecule has 1 heterocycles. The Bertz CT molecular complexity index is 1330. The van der Waals surface area contributed by atoms with Crippen LogP contribution < -0.4 is 14.8 Å². The van der Waals surface area contributed by atoms with Gasteiger partial charge in [-0.1, -0.05) is 50.2 Å². The van der Waals surface area contributed by atoms with Gasteiger partial charge in [0.1, 0.15) is 17.3 Å². The molecule has 1 aromatic heterocycles. The monoisotopic (exact) mass is 499 g/mol. The maximum absolute atomic E-state index is 12.5. The maximum Gasteiger partial charge on any atom is 0.258 e. The summed E-state index contributed by atoms with van der Waals surface area (Å²) in [6.07, 6.45) is 1.87. The van der Waals surface area contributed by atoms with E-state index in [9.17, 15) is 4.79 Å². The fourth-order valence-corrected chi connectivity index (χ4v) is 4.26. The van der Waals surface area contributed by atoms with Crippen LogP contribution in [0.1, 0.15) is 55.1 Å². The van der Waals surface area contributed by atoms with Crippen molar-refractivity contribution >= 4 is 16.9 Å². The SMILES string of the molecule is Cc1ccc(C)c(OCC(=O)NCc2nc3ccccc3n2CCCCOc2ccc(C(C)C)cc2)c1. The van der Waals surface area contributed by atoms with Crippen molar-refractivity contribution in [3.63, 3.8) is 0 Å². The third-order valence-corrected chi connectivity index (χ3v) is 6.47. The number of carbonyl (C=O) groups is 1. The number of nitrogens with one attached hydrogen (secondary N) is 1. The predicted octanol–water partition coefficient (Wildman–Crippen LogP) is 6.33. The lowest BCUT2D eigenvalue weighted by Crippen LogP contribution is -2.29. The fourth-order valence-electron chi connectivity index (χ4n) is 4.26. The number of hydrogen-bond donors (Lipinski definition) is 1. The van der Waals surface area contributed by atoms with Crippen LogP contribution in [0.15, 0.2) is 66.7 Å². The number of nitrogens with zero attached hydrogens (tertiary/aromatic N) is 2. The van der Waals surface area contributed by atoms with Crippen molar-refractivity contribution in [1.82, 2.24) is 14.9 Å². The lowest BCUT2D eigenvalue weighted by molar-refractivity contribution is -0.123. The van der Waals surface area contributed by atoms with E-state index >= 15 is 0 Å². The Labute approximate surface area is 219 Å². The first-order chi connectivity index (χ1) is 17.9. The van der Waals surface area contributed by atoms with Crippen LogP contribution in [0, 0.1) is 13.8 Å². The van der Waals surface area contributed by atoms with E-state index in [0.29, 0.717) is 19.1 Å². The molecule has 0 unspecified atom stereocenters. The highest BCUT2D eigenvalue weighted by molar-refractivity contribution is 5.78. The number of aryl methyl sites for hydroxylation is 3. The van der Waals surface area contributed by atoms with Gasteiger partial charge in [0.2, 0.25) is 0 Å². The molecular weight excluding hydrogens is 462 g/mol. The summed E-state index contributed by atoms with van der Waals surface area (Å²) in [7, 11) is 0. The molecule has 0 saturated heterocycles. The predicted molar refractivity (Wildman–Crippen MR) is 148 cm³/mol. The Morgan fingerprint density at radius 3 is 2.54 bits per heavy atom. The molecule has 1 N–H and O–H groups in total. The molecule has 0 aliphatic carbocycles. The number of carbonyl (C=O) groups excluding carboxylic acids is 1. The van der Waals surface area contributed by atoms with Gasteiger partial charge in [-0.3, -0.25) is 4.79 Å². The number of para-hydroxylation sites is 2. The first-order valence-electron chi connectivity index (χ1n) is 13.0. The van der Waals surface area contributed by atoms with Gasteiger partial charge in [-0.25, -0.2) is 4.98 Å².